The average Bonchev–Trinajstić information content (AvgIpc) is 2.88. The summed E-state index contributed by atoms with van der Waals surface area (Å²) < 4.78 is 6.18. The molecule has 0 bridgehead atoms. The quantitative estimate of drug-likeness (QED) is 0.820. The average molecular weight is 303 g/mol. The molecule has 22 heavy (non-hydrogen) atoms. The van der Waals surface area contributed by atoms with Crippen LogP contribution in [0.15, 0.2) is 39.5 Å². The zero-order chi connectivity index (χ0) is 16.1. The van der Waals surface area contributed by atoms with Gasteiger partial charge in [0.25, 0.3) is 0 Å². The summed E-state index contributed by atoms with van der Waals surface area (Å²) in [5.74, 6) is -0.553. The lowest BCUT2D eigenvalue weighted by Crippen LogP contribution is -2.38. The van der Waals surface area contributed by atoms with Crippen molar-refractivity contribution in [3.8, 4) is 11.5 Å². The predicted molar refractivity (Wildman–Crippen MR) is 83.3 cm³/mol. The molecule has 0 radical (unpaired) electrons. The minimum Gasteiger partial charge on any atom is -0.388 e. The molecule has 0 saturated heterocycles. The van der Waals surface area contributed by atoms with Gasteiger partial charge >= 0.3 is 5.76 Å². The molecule has 6 heteroatoms. The molecule has 0 fully saturated rings. The fraction of sp³-hybridized carbons (Fsp3) is 0.438. The Kier molecular flexibility index (Phi) is 5.14. The first-order chi connectivity index (χ1) is 10.5. The maximum absolute atomic E-state index is 12.2. The topological polar surface area (TPSA) is 68.3 Å². The smallest absolute Gasteiger partial charge is 0.388 e. The Morgan fingerprint density at radius 2 is 2.05 bits per heavy atom. The van der Waals surface area contributed by atoms with Crippen LogP contribution in [0.5, 0.6) is 0 Å². The molecule has 118 valence electrons. The lowest BCUT2D eigenvalue weighted by molar-refractivity contribution is -0.132. The minimum atomic E-state index is -0.622. The molecule has 0 spiro atoms. The zero-order valence-corrected chi connectivity index (χ0v) is 13.2. The lowest BCUT2D eigenvalue weighted by atomic mass is 10.2. The van der Waals surface area contributed by atoms with Crippen LogP contribution >= 0.6 is 0 Å². The van der Waals surface area contributed by atoms with Crippen LogP contribution in [0.25, 0.3) is 11.5 Å². The van der Waals surface area contributed by atoms with Gasteiger partial charge in [0.2, 0.25) is 11.8 Å². The van der Waals surface area contributed by atoms with Gasteiger partial charge in [-0.15, -0.1) is 5.10 Å². The Hall–Kier alpha value is -2.37. The molecule has 2 aromatic rings. The van der Waals surface area contributed by atoms with Gasteiger partial charge in [-0.3, -0.25) is 4.79 Å². The molecule has 0 aliphatic heterocycles. The number of nitrogens with zero attached hydrogens (tertiary/aromatic N) is 3. The van der Waals surface area contributed by atoms with E-state index in [1.54, 1.807) is 24.1 Å². The van der Waals surface area contributed by atoms with Crippen molar-refractivity contribution in [3.63, 3.8) is 0 Å². The Morgan fingerprint density at radius 1 is 1.36 bits per heavy atom. The molecule has 6 nitrogen and oxygen atoms in total. The normalized spacial score (nSPS) is 12.1. The summed E-state index contributed by atoms with van der Waals surface area (Å²) in [6.07, 6.45) is 1.92. The van der Waals surface area contributed by atoms with Crippen LogP contribution in [-0.2, 0) is 11.3 Å². The number of rotatable bonds is 6. The number of aromatic nitrogens is 2. The van der Waals surface area contributed by atoms with E-state index in [1.165, 1.54) is 0 Å². The summed E-state index contributed by atoms with van der Waals surface area (Å²) in [6.45, 7) is 3.95. The van der Waals surface area contributed by atoms with Gasteiger partial charge in [0.05, 0.1) is 0 Å². The maximum atomic E-state index is 12.2. The third-order valence-corrected chi connectivity index (χ3v) is 3.67. The molecule has 0 unspecified atom stereocenters. The molecule has 1 heterocycles. The van der Waals surface area contributed by atoms with E-state index >= 15 is 0 Å². The van der Waals surface area contributed by atoms with Crippen molar-refractivity contribution in [3.05, 3.63) is 40.9 Å². The molecule has 1 aromatic carbocycles. The first kappa shape index (κ1) is 16.0. The van der Waals surface area contributed by atoms with E-state index in [9.17, 15) is 9.59 Å². The number of carbonyl (C=O) groups is 1. The summed E-state index contributed by atoms with van der Waals surface area (Å²) in [4.78, 5) is 25.7. The van der Waals surface area contributed by atoms with Crippen LogP contribution in [-0.4, -0.2) is 33.7 Å². The van der Waals surface area contributed by atoms with Crippen LogP contribution in [0.1, 0.15) is 26.7 Å². The van der Waals surface area contributed by atoms with Gasteiger partial charge in [-0.1, -0.05) is 31.5 Å². The molecule has 0 aliphatic carbocycles. The van der Waals surface area contributed by atoms with E-state index in [2.05, 4.69) is 12.0 Å². The summed E-state index contributed by atoms with van der Waals surface area (Å²) >= 11 is 0. The van der Waals surface area contributed by atoms with Crippen molar-refractivity contribution in [2.45, 2.75) is 39.3 Å². The first-order valence-electron chi connectivity index (χ1n) is 7.42. The van der Waals surface area contributed by atoms with Gasteiger partial charge in [-0.25, -0.2) is 4.79 Å². The number of carbonyl (C=O) groups excluding carboxylic acids is 1. The highest BCUT2D eigenvalue weighted by Crippen LogP contribution is 2.14. The van der Waals surface area contributed by atoms with Crippen LogP contribution in [0, 0.1) is 0 Å². The highest BCUT2D eigenvalue weighted by Gasteiger charge is 2.18. The summed E-state index contributed by atoms with van der Waals surface area (Å²) in [6, 6.07) is 9.26. The van der Waals surface area contributed by atoms with Crippen molar-refractivity contribution in [1.82, 2.24) is 14.7 Å². The second-order valence-electron chi connectivity index (χ2n) is 5.34. The van der Waals surface area contributed by atoms with E-state index < -0.39 is 5.76 Å². The van der Waals surface area contributed by atoms with E-state index in [1.807, 2.05) is 25.1 Å². The molecule has 1 atom stereocenters. The van der Waals surface area contributed by atoms with Gasteiger partial charge < -0.3 is 9.32 Å². The molecule has 1 aromatic heterocycles. The van der Waals surface area contributed by atoms with Crippen LogP contribution in [0.3, 0.4) is 0 Å². The molecule has 0 aliphatic rings. The third-order valence-electron chi connectivity index (χ3n) is 3.67. The van der Waals surface area contributed by atoms with Crippen molar-refractivity contribution in [2.75, 3.05) is 7.05 Å². The van der Waals surface area contributed by atoms with Crippen LogP contribution in [0.4, 0.5) is 0 Å². The third kappa shape index (κ3) is 3.63. The fourth-order valence-corrected chi connectivity index (χ4v) is 2.20. The lowest BCUT2D eigenvalue weighted by Gasteiger charge is -2.24. The highest BCUT2D eigenvalue weighted by molar-refractivity contribution is 5.75. The van der Waals surface area contributed by atoms with Crippen molar-refractivity contribution in [2.24, 2.45) is 0 Å². The molecular weight excluding hydrogens is 282 g/mol. The Morgan fingerprint density at radius 3 is 2.68 bits per heavy atom. The Balaban J connectivity index is 2.12. The second-order valence-corrected chi connectivity index (χ2v) is 5.34. The monoisotopic (exact) mass is 303 g/mol. The van der Waals surface area contributed by atoms with Crippen LogP contribution in [0.2, 0.25) is 0 Å². The second kappa shape index (κ2) is 7.06. The number of amides is 1. The fourth-order valence-electron chi connectivity index (χ4n) is 2.20. The van der Waals surface area contributed by atoms with E-state index in [-0.39, 0.29) is 24.4 Å². The van der Waals surface area contributed by atoms with Gasteiger partial charge in [-0.2, -0.15) is 4.68 Å². The number of likely N-dealkylation sites (N-methyl/N-ethyl adjacent to an activating group) is 1. The zero-order valence-electron chi connectivity index (χ0n) is 13.2. The van der Waals surface area contributed by atoms with E-state index in [0.717, 1.165) is 17.5 Å². The van der Waals surface area contributed by atoms with Gasteiger partial charge in [0.15, 0.2) is 0 Å². The molecular formula is C16H21N3O3. The van der Waals surface area contributed by atoms with Crippen molar-refractivity contribution < 1.29 is 9.21 Å². The van der Waals surface area contributed by atoms with Gasteiger partial charge in [0, 0.05) is 18.7 Å². The molecule has 0 N–H and O–H groups in total. The summed E-state index contributed by atoms with van der Waals surface area (Å²) in [7, 11) is 1.74. The standard InChI is InChI=1S/C16H21N3O3/c1-4-8-12(2)18(3)14(20)11-19-16(21)22-15(17-19)13-9-6-5-7-10-13/h5-7,9-10,12H,4,8,11H2,1-3H3/t12-/m1/s1. The summed E-state index contributed by atoms with van der Waals surface area (Å²) in [5, 5.41) is 4.10. The van der Waals surface area contributed by atoms with E-state index in [4.69, 9.17) is 4.42 Å². The molecule has 0 saturated carbocycles. The Labute approximate surface area is 129 Å². The largest absolute Gasteiger partial charge is 0.437 e. The number of benzene rings is 1. The first-order valence-corrected chi connectivity index (χ1v) is 7.42. The maximum Gasteiger partial charge on any atom is 0.437 e. The summed E-state index contributed by atoms with van der Waals surface area (Å²) in [5.41, 5.74) is 0.707. The number of hydrogen-bond donors (Lipinski definition) is 0. The predicted octanol–water partition coefficient (Wildman–Crippen LogP) is 2.15. The van der Waals surface area contributed by atoms with E-state index in [0.29, 0.717) is 5.56 Å². The van der Waals surface area contributed by atoms with Crippen LogP contribution < -0.4 is 5.76 Å². The Bertz CT molecular complexity index is 675. The van der Waals surface area contributed by atoms with Gasteiger partial charge in [-0.05, 0) is 25.5 Å². The SMILES string of the molecule is CCC[C@@H](C)N(C)C(=O)Cn1nc(-c2ccccc2)oc1=O. The van der Waals surface area contributed by atoms with Crippen molar-refractivity contribution in [1.29, 1.82) is 0 Å². The number of hydrogen-bond acceptors (Lipinski definition) is 4. The molecule has 2 rings (SSSR count). The van der Waals surface area contributed by atoms with Gasteiger partial charge in [0.1, 0.15) is 6.54 Å². The highest BCUT2D eigenvalue weighted by atomic mass is 16.4. The van der Waals surface area contributed by atoms with Crippen molar-refractivity contribution >= 4 is 5.91 Å². The minimum absolute atomic E-state index is 0.111. The molecule has 1 amide bonds.